The van der Waals surface area contributed by atoms with Crippen molar-refractivity contribution < 1.29 is 0 Å². The number of anilines is 1. The minimum Gasteiger partial charge on any atom is -0.349 e. The molecule has 0 radical (unpaired) electrons. The molecule has 0 saturated heterocycles. The molecule has 0 amide bonds. The van der Waals surface area contributed by atoms with Gasteiger partial charge in [-0.2, -0.15) is 0 Å². The number of hydrogen-bond acceptors (Lipinski definition) is 5. The van der Waals surface area contributed by atoms with Crippen LogP contribution in [0.1, 0.15) is 12.8 Å². The average Bonchev–Trinajstić information content (AvgIpc) is 2.53. The SMILES string of the molecule is CN(CC1CC(N)C1)c1nncs1. The summed E-state index contributed by atoms with van der Waals surface area (Å²) in [6.07, 6.45) is 2.31. The Morgan fingerprint density at radius 1 is 1.69 bits per heavy atom. The molecule has 13 heavy (non-hydrogen) atoms. The van der Waals surface area contributed by atoms with Gasteiger partial charge in [0.1, 0.15) is 5.51 Å². The highest BCUT2D eigenvalue weighted by atomic mass is 32.1. The van der Waals surface area contributed by atoms with E-state index in [2.05, 4.69) is 22.1 Å². The van der Waals surface area contributed by atoms with Crippen LogP contribution in [0.15, 0.2) is 5.51 Å². The Hall–Kier alpha value is -0.680. The first-order valence-electron chi connectivity index (χ1n) is 4.48. The van der Waals surface area contributed by atoms with Crippen molar-refractivity contribution in [3.63, 3.8) is 0 Å². The average molecular weight is 198 g/mol. The molecule has 72 valence electrons. The Bertz CT molecular complexity index is 255. The quantitative estimate of drug-likeness (QED) is 0.777. The van der Waals surface area contributed by atoms with Crippen molar-refractivity contribution in [2.24, 2.45) is 11.7 Å². The molecule has 5 heteroatoms. The van der Waals surface area contributed by atoms with Crippen LogP contribution in [0.3, 0.4) is 0 Å². The van der Waals surface area contributed by atoms with Gasteiger partial charge in [0.15, 0.2) is 0 Å². The normalized spacial score (nSPS) is 26.9. The predicted molar refractivity (Wildman–Crippen MR) is 53.9 cm³/mol. The van der Waals surface area contributed by atoms with Crippen LogP contribution >= 0.6 is 11.3 Å². The summed E-state index contributed by atoms with van der Waals surface area (Å²) in [6, 6.07) is 0.438. The summed E-state index contributed by atoms with van der Waals surface area (Å²) in [7, 11) is 2.06. The van der Waals surface area contributed by atoms with Gasteiger partial charge in [-0.3, -0.25) is 0 Å². The molecule has 0 aliphatic heterocycles. The van der Waals surface area contributed by atoms with Crippen LogP contribution < -0.4 is 10.6 Å². The second kappa shape index (κ2) is 3.59. The molecular formula is C8H14N4S. The van der Waals surface area contributed by atoms with Crippen molar-refractivity contribution in [3.8, 4) is 0 Å². The van der Waals surface area contributed by atoms with Crippen molar-refractivity contribution in [3.05, 3.63) is 5.51 Å². The van der Waals surface area contributed by atoms with Gasteiger partial charge in [-0.05, 0) is 18.8 Å². The highest BCUT2D eigenvalue weighted by molar-refractivity contribution is 7.13. The maximum Gasteiger partial charge on any atom is 0.207 e. The maximum atomic E-state index is 5.72. The molecule has 0 unspecified atom stereocenters. The first-order chi connectivity index (χ1) is 6.25. The second-order valence-corrected chi connectivity index (χ2v) is 4.51. The monoisotopic (exact) mass is 198 g/mol. The summed E-state index contributed by atoms with van der Waals surface area (Å²) < 4.78 is 0. The van der Waals surface area contributed by atoms with E-state index < -0.39 is 0 Å². The van der Waals surface area contributed by atoms with E-state index in [0.717, 1.165) is 30.4 Å². The highest BCUT2D eigenvalue weighted by Crippen LogP contribution is 2.27. The molecule has 1 fully saturated rings. The van der Waals surface area contributed by atoms with Gasteiger partial charge >= 0.3 is 0 Å². The Balaban J connectivity index is 1.82. The Morgan fingerprint density at radius 2 is 2.46 bits per heavy atom. The van der Waals surface area contributed by atoms with Gasteiger partial charge in [0.2, 0.25) is 5.13 Å². The molecule has 4 nitrogen and oxygen atoms in total. The van der Waals surface area contributed by atoms with Gasteiger partial charge in [-0.25, -0.2) is 0 Å². The molecule has 0 bridgehead atoms. The zero-order valence-electron chi connectivity index (χ0n) is 7.68. The van der Waals surface area contributed by atoms with Gasteiger partial charge in [0.25, 0.3) is 0 Å². The van der Waals surface area contributed by atoms with Crippen LogP contribution in [-0.4, -0.2) is 29.8 Å². The van der Waals surface area contributed by atoms with E-state index in [1.54, 1.807) is 16.8 Å². The molecule has 0 atom stereocenters. The van der Waals surface area contributed by atoms with Crippen LogP contribution in [0, 0.1) is 5.92 Å². The molecule has 0 spiro atoms. The minimum absolute atomic E-state index is 0.438. The van der Waals surface area contributed by atoms with Gasteiger partial charge in [0, 0.05) is 19.6 Å². The summed E-state index contributed by atoms with van der Waals surface area (Å²) in [6.45, 7) is 1.06. The van der Waals surface area contributed by atoms with Crippen LogP contribution in [0.25, 0.3) is 0 Å². The lowest BCUT2D eigenvalue weighted by atomic mass is 9.81. The highest BCUT2D eigenvalue weighted by Gasteiger charge is 2.27. The van der Waals surface area contributed by atoms with Crippen molar-refractivity contribution in [1.29, 1.82) is 0 Å². The minimum atomic E-state index is 0.438. The van der Waals surface area contributed by atoms with Crippen LogP contribution in [0.2, 0.25) is 0 Å². The van der Waals surface area contributed by atoms with Crippen molar-refractivity contribution in [2.45, 2.75) is 18.9 Å². The zero-order valence-corrected chi connectivity index (χ0v) is 8.50. The summed E-state index contributed by atoms with van der Waals surface area (Å²) in [4.78, 5) is 2.16. The zero-order chi connectivity index (χ0) is 9.26. The van der Waals surface area contributed by atoms with Crippen LogP contribution in [-0.2, 0) is 0 Å². The fourth-order valence-electron chi connectivity index (χ4n) is 1.74. The summed E-state index contributed by atoms with van der Waals surface area (Å²) in [5.74, 6) is 0.754. The molecule has 1 aromatic heterocycles. The number of aromatic nitrogens is 2. The second-order valence-electron chi connectivity index (χ2n) is 3.70. The van der Waals surface area contributed by atoms with Gasteiger partial charge in [-0.1, -0.05) is 11.3 Å². The maximum absolute atomic E-state index is 5.72. The molecule has 2 N–H and O–H groups in total. The molecular weight excluding hydrogens is 184 g/mol. The Kier molecular flexibility index (Phi) is 2.46. The summed E-state index contributed by atoms with van der Waals surface area (Å²) in [5, 5.41) is 8.82. The van der Waals surface area contributed by atoms with E-state index in [-0.39, 0.29) is 0 Å². The molecule has 1 heterocycles. The topological polar surface area (TPSA) is 55.0 Å². The predicted octanol–water partition coefficient (Wildman–Crippen LogP) is 0.712. The smallest absolute Gasteiger partial charge is 0.207 e. The molecule has 1 aromatic rings. The van der Waals surface area contributed by atoms with Gasteiger partial charge in [-0.15, -0.1) is 10.2 Å². The van der Waals surface area contributed by atoms with Gasteiger partial charge < -0.3 is 10.6 Å². The number of rotatable bonds is 3. The van der Waals surface area contributed by atoms with Gasteiger partial charge in [0.05, 0.1) is 0 Å². The van der Waals surface area contributed by atoms with Crippen molar-refractivity contribution in [2.75, 3.05) is 18.5 Å². The molecule has 0 aromatic carbocycles. The standard InChI is InChI=1S/C8H14N4S/c1-12(8-11-10-5-13-8)4-6-2-7(9)3-6/h5-7H,2-4,9H2,1H3. The third kappa shape index (κ3) is 1.97. The largest absolute Gasteiger partial charge is 0.349 e. The molecule has 1 saturated carbocycles. The van der Waals surface area contributed by atoms with E-state index >= 15 is 0 Å². The number of nitrogens with two attached hydrogens (primary N) is 1. The lowest BCUT2D eigenvalue weighted by molar-refractivity contribution is 0.271. The van der Waals surface area contributed by atoms with E-state index in [1.807, 2.05) is 0 Å². The fraction of sp³-hybridized carbons (Fsp3) is 0.750. The number of hydrogen-bond donors (Lipinski definition) is 1. The van der Waals surface area contributed by atoms with Crippen molar-refractivity contribution in [1.82, 2.24) is 10.2 Å². The van der Waals surface area contributed by atoms with E-state index in [4.69, 9.17) is 5.73 Å². The van der Waals surface area contributed by atoms with E-state index in [1.165, 1.54) is 0 Å². The number of nitrogens with zero attached hydrogens (tertiary/aromatic N) is 3. The molecule has 1 aliphatic rings. The van der Waals surface area contributed by atoms with Crippen molar-refractivity contribution >= 4 is 16.5 Å². The lowest BCUT2D eigenvalue weighted by Gasteiger charge is -2.35. The first kappa shape index (κ1) is 8.90. The summed E-state index contributed by atoms with van der Waals surface area (Å²) >= 11 is 1.58. The van der Waals surface area contributed by atoms with Crippen LogP contribution in [0.5, 0.6) is 0 Å². The third-order valence-electron chi connectivity index (χ3n) is 2.48. The van der Waals surface area contributed by atoms with E-state index in [9.17, 15) is 0 Å². The Labute approximate surface area is 81.8 Å². The van der Waals surface area contributed by atoms with Crippen LogP contribution in [0.4, 0.5) is 5.13 Å². The molecule has 2 rings (SSSR count). The Morgan fingerprint density at radius 3 is 3.00 bits per heavy atom. The summed E-state index contributed by atoms with van der Waals surface area (Å²) in [5.41, 5.74) is 7.48. The fourth-order valence-corrected chi connectivity index (χ4v) is 2.27. The van der Waals surface area contributed by atoms with E-state index in [0.29, 0.717) is 6.04 Å². The molecule has 1 aliphatic carbocycles. The first-order valence-corrected chi connectivity index (χ1v) is 5.36. The third-order valence-corrected chi connectivity index (χ3v) is 3.28. The lowest BCUT2D eigenvalue weighted by Crippen LogP contribution is -2.41.